The lowest BCUT2D eigenvalue weighted by Gasteiger charge is -2.24. The maximum Gasteiger partial charge on any atom is 0.323 e. The predicted octanol–water partition coefficient (Wildman–Crippen LogP) is 4.63. The molecule has 0 bridgehead atoms. The van der Waals surface area contributed by atoms with E-state index in [1.165, 1.54) is 7.11 Å². The zero-order chi connectivity index (χ0) is 21.6. The monoisotopic (exact) mass is 429 g/mol. The molecule has 0 radical (unpaired) electrons. The lowest BCUT2D eigenvalue weighted by atomic mass is 9.89. The average molecular weight is 430 g/mol. The van der Waals surface area contributed by atoms with Crippen molar-refractivity contribution >= 4 is 27.8 Å². The minimum Gasteiger partial charge on any atom is -0.468 e. The highest BCUT2D eigenvalue weighted by Crippen LogP contribution is 2.35. The number of ether oxygens (including phenoxy) is 1. The first-order valence-electron chi connectivity index (χ1n) is 9.73. The molecule has 1 aromatic rings. The highest BCUT2D eigenvalue weighted by atomic mass is 32.2. The number of carbonyl (C=O) groups excluding carboxylic acids is 1. The number of carbonyl (C=O) groups is 1. The van der Waals surface area contributed by atoms with E-state index >= 15 is 0 Å². The van der Waals surface area contributed by atoms with Gasteiger partial charge in [-0.15, -0.1) is 0 Å². The van der Waals surface area contributed by atoms with Crippen LogP contribution in [0, 0.1) is 0 Å². The first kappa shape index (κ1) is 25.0. The number of nitrogens with one attached hydrogen (secondary N) is 1. The van der Waals surface area contributed by atoms with Crippen LogP contribution in [-0.4, -0.2) is 39.5 Å². The lowest BCUT2D eigenvalue weighted by molar-refractivity contribution is -0.142. The van der Waals surface area contributed by atoms with Crippen molar-refractivity contribution in [3.8, 4) is 0 Å². The number of hydrogen-bond acceptors (Lipinski definition) is 5. The minimum absolute atomic E-state index is 0.0329. The molecule has 28 heavy (non-hydrogen) atoms. The number of hydrogen-bond donors (Lipinski definition) is 1. The summed E-state index contributed by atoms with van der Waals surface area (Å²) < 4.78 is 34.3. The summed E-state index contributed by atoms with van der Waals surface area (Å²) in [7, 11) is -2.62. The summed E-state index contributed by atoms with van der Waals surface area (Å²) in [5, 5.41) is 0. The van der Waals surface area contributed by atoms with Gasteiger partial charge in [0.15, 0.2) is 0 Å². The number of benzene rings is 1. The van der Waals surface area contributed by atoms with Gasteiger partial charge in [-0.25, -0.2) is 8.42 Å². The van der Waals surface area contributed by atoms with Crippen molar-refractivity contribution in [2.24, 2.45) is 0 Å². The van der Waals surface area contributed by atoms with Crippen molar-refractivity contribution in [3.05, 3.63) is 28.8 Å². The zero-order valence-electron chi connectivity index (χ0n) is 18.3. The van der Waals surface area contributed by atoms with Gasteiger partial charge in [-0.3, -0.25) is 4.79 Å². The van der Waals surface area contributed by atoms with E-state index in [1.54, 1.807) is 11.8 Å². The van der Waals surface area contributed by atoms with Crippen LogP contribution in [-0.2, 0) is 19.6 Å². The molecule has 0 saturated carbocycles. The Morgan fingerprint density at radius 1 is 1.04 bits per heavy atom. The molecule has 0 spiro atoms. The molecule has 7 heteroatoms. The molecule has 1 N–H and O–H groups in total. The van der Waals surface area contributed by atoms with Crippen LogP contribution in [0.1, 0.15) is 82.4 Å². The molecular formula is C21H35NO4S2. The van der Waals surface area contributed by atoms with E-state index in [0.29, 0.717) is 23.0 Å². The molecule has 0 aliphatic rings. The number of esters is 1. The molecule has 0 unspecified atom stereocenters. The molecule has 0 aliphatic heterocycles. The third kappa shape index (κ3) is 6.22. The minimum atomic E-state index is -3.90. The fourth-order valence-electron chi connectivity index (χ4n) is 3.05. The van der Waals surface area contributed by atoms with E-state index in [0.717, 1.165) is 16.7 Å². The van der Waals surface area contributed by atoms with Crippen LogP contribution < -0.4 is 4.72 Å². The van der Waals surface area contributed by atoms with Crippen LogP contribution >= 0.6 is 11.8 Å². The van der Waals surface area contributed by atoms with Gasteiger partial charge >= 0.3 is 5.97 Å². The maximum absolute atomic E-state index is 13.4. The molecule has 5 nitrogen and oxygen atoms in total. The summed E-state index contributed by atoms with van der Waals surface area (Å²) in [5.74, 6) is 0.455. The molecule has 1 rings (SSSR count). The smallest absolute Gasteiger partial charge is 0.323 e. The molecule has 1 atom stereocenters. The summed E-state index contributed by atoms with van der Waals surface area (Å²) >= 11 is 1.56. The second-order valence-corrected chi connectivity index (χ2v) is 10.6. The largest absolute Gasteiger partial charge is 0.468 e. The van der Waals surface area contributed by atoms with Crippen LogP contribution in [0.4, 0.5) is 0 Å². The second-order valence-electron chi connectivity index (χ2n) is 7.97. The van der Waals surface area contributed by atoms with E-state index in [9.17, 15) is 13.2 Å². The van der Waals surface area contributed by atoms with Crippen molar-refractivity contribution in [3.63, 3.8) is 0 Å². The van der Waals surface area contributed by atoms with E-state index in [2.05, 4.69) is 18.6 Å². The fourth-order valence-corrected chi connectivity index (χ4v) is 5.44. The van der Waals surface area contributed by atoms with Crippen LogP contribution in [0.3, 0.4) is 0 Å². The van der Waals surface area contributed by atoms with Gasteiger partial charge in [-0.1, -0.05) is 53.7 Å². The lowest BCUT2D eigenvalue weighted by Crippen LogP contribution is -2.42. The molecule has 0 aliphatic carbocycles. The number of methoxy groups -OCH3 is 1. The van der Waals surface area contributed by atoms with Crippen LogP contribution in [0.25, 0.3) is 0 Å². The van der Waals surface area contributed by atoms with E-state index < -0.39 is 22.0 Å². The Bertz CT molecular complexity index is 742. The zero-order valence-corrected chi connectivity index (χ0v) is 20.0. The van der Waals surface area contributed by atoms with Gasteiger partial charge in [0.25, 0.3) is 0 Å². The normalized spacial score (nSPS) is 13.4. The van der Waals surface area contributed by atoms with Crippen molar-refractivity contribution in [2.75, 3.05) is 19.1 Å². The molecule has 1 aromatic carbocycles. The highest BCUT2D eigenvalue weighted by Gasteiger charge is 2.31. The summed E-state index contributed by atoms with van der Waals surface area (Å²) in [6.07, 6.45) is 2.30. The Kier molecular flexibility index (Phi) is 9.50. The molecular weight excluding hydrogens is 394 g/mol. The van der Waals surface area contributed by atoms with Gasteiger partial charge < -0.3 is 4.74 Å². The quantitative estimate of drug-likeness (QED) is 0.549. The third-order valence-electron chi connectivity index (χ3n) is 4.74. The SMILES string of the molecule is COC(=O)[C@H](CCSC)NS(=O)(=O)c1c(C(C)C)cc(C(C)C)cc1C(C)C. The summed E-state index contributed by atoms with van der Waals surface area (Å²) in [6.45, 7) is 12.2. The maximum atomic E-state index is 13.4. The van der Waals surface area contributed by atoms with Crippen LogP contribution in [0.15, 0.2) is 17.0 Å². The number of sulfonamides is 1. The summed E-state index contributed by atoms with van der Waals surface area (Å²) in [4.78, 5) is 12.5. The molecule has 0 aromatic heterocycles. The fraction of sp³-hybridized carbons (Fsp3) is 0.667. The Balaban J connectivity index is 3.58. The van der Waals surface area contributed by atoms with Gasteiger partial charge in [0, 0.05) is 0 Å². The van der Waals surface area contributed by atoms with Crippen LogP contribution in [0.2, 0.25) is 0 Å². The Labute approximate surface area is 175 Å². The third-order valence-corrected chi connectivity index (χ3v) is 6.99. The van der Waals surface area contributed by atoms with Gasteiger partial charge in [0.1, 0.15) is 6.04 Å². The molecule has 0 heterocycles. The van der Waals surface area contributed by atoms with Gasteiger partial charge in [-0.05, 0) is 52.9 Å². The van der Waals surface area contributed by atoms with Crippen molar-refractivity contribution in [2.45, 2.75) is 76.7 Å². The summed E-state index contributed by atoms with van der Waals surface area (Å²) in [5.41, 5.74) is 2.70. The van der Waals surface area contributed by atoms with Gasteiger partial charge in [0.2, 0.25) is 10.0 Å². The van der Waals surface area contributed by atoms with E-state index in [-0.39, 0.29) is 11.8 Å². The predicted molar refractivity (Wildman–Crippen MR) is 118 cm³/mol. The van der Waals surface area contributed by atoms with Gasteiger partial charge in [-0.2, -0.15) is 16.5 Å². The van der Waals surface area contributed by atoms with Crippen molar-refractivity contribution in [1.29, 1.82) is 0 Å². The molecule has 160 valence electrons. The molecule has 0 fully saturated rings. The topological polar surface area (TPSA) is 72.5 Å². The second kappa shape index (κ2) is 10.6. The highest BCUT2D eigenvalue weighted by molar-refractivity contribution is 7.98. The van der Waals surface area contributed by atoms with Crippen molar-refractivity contribution < 1.29 is 17.9 Å². The summed E-state index contributed by atoms with van der Waals surface area (Å²) in [6, 6.07) is 3.09. The van der Waals surface area contributed by atoms with Crippen LogP contribution in [0.5, 0.6) is 0 Å². The average Bonchev–Trinajstić information content (AvgIpc) is 2.62. The number of rotatable bonds is 10. The van der Waals surface area contributed by atoms with E-state index in [1.807, 2.05) is 46.1 Å². The Morgan fingerprint density at radius 2 is 1.54 bits per heavy atom. The number of thioether (sulfide) groups is 1. The first-order chi connectivity index (χ1) is 13.0. The standard InChI is InChI=1S/C21H35NO4S2/c1-13(2)16-11-17(14(3)4)20(18(12-16)15(5)6)28(24,25)22-19(9-10-27-8)21(23)26-7/h11-15,19,22H,9-10H2,1-8H3/t19-/m0/s1. The van der Waals surface area contributed by atoms with Gasteiger partial charge in [0.05, 0.1) is 12.0 Å². The first-order valence-corrected chi connectivity index (χ1v) is 12.6. The Hall–Kier alpha value is -1.05. The molecule has 0 saturated heterocycles. The molecule has 0 amide bonds. The van der Waals surface area contributed by atoms with Crippen molar-refractivity contribution in [1.82, 2.24) is 4.72 Å². The van der Waals surface area contributed by atoms with E-state index in [4.69, 9.17) is 4.74 Å². The Morgan fingerprint density at radius 3 is 1.89 bits per heavy atom.